The molecule has 1 amide bonds. The number of hydrogen-bond donors (Lipinski definition) is 0. The van der Waals surface area contributed by atoms with E-state index in [-0.39, 0.29) is 18.3 Å². The highest BCUT2D eigenvalue weighted by molar-refractivity contribution is 9.10. The number of esters is 1. The number of nitrogens with zero attached hydrogens (tertiary/aromatic N) is 1. The lowest BCUT2D eigenvalue weighted by Gasteiger charge is -2.22. The van der Waals surface area contributed by atoms with Crippen LogP contribution < -0.4 is 0 Å². The van der Waals surface area contributed by atoms with Gasteiger partial charge in [-0.05, 0) is 31.5 Å². The molecule has 0 heterocycles. The van der Waals surface area contributed by atoms with Gasteiger partial charge in [0.05, 0.1) is 13.0 Å². The molecule has 0 atom stereocenters. The quantitative estimate of drug-likeness (QED) is 0.443. The lowest BCUT2D eigenvalue weighted by molar-refractivity contribution is -0.143. The highest BCUT2D eigenvalue weighted by atomic mass is 79.9. The van der Waals surface area contributed by atoms with E-state index in [1.807, 2.05) is 18.2 Å². The van der Waals surface area contributed by atoms with E-state index in [1.165, 1.54) is 0 Å². The number of halogens is 1. The summed E-state index contributed by atoms with van der Waals surface area (Å²) in [4.78, 5) is 26.0. The van der Waals surface area contributed by atoms with E-state index < -0.39 is 0 Å². The lowest BCUT2D eigenvalue weighted by Crippen LogP contribution is -2.34. The highest BCUT2D eigenvalue weighted by Gasteiger charge is 2.17. The number of hydrogen-bond acceptors (Lipinski definition) is 3. The van der Waals surface area contributed by atoms with E-state index in [2.05, 4.69) is 22.9 Å². The Bertz CT molecular complexity index is 505. The van der Waals surface area contributed by atoms with Crippen molar-refractivity contribution in [3.05, 3.63) is 34.3 Å². The molecule has 0 bridgehead atoms. The second-order valence-corrected chi connectivity index (χ2v) is 6.33. The maximum absolute atomic E-state index is 12.7. The monoisotopic (exact) mass is 383 g/mol. The third-order valence-corrected chi connectivity index (χ3v) is 4.02. The van der Waals surface area contributed by atoms with Crippen LogP contribution in [-0.4, -0.2) is 36.5 Å². The first-order chi connectivity index (χ1) is 11.1. The summed E-state index contributed by atoms with van der Waals surface area (Å²) in [6.45, 7) is 5.38. The van der Waals surface area contributed by atoms with E-state index in [9.17, 15) is 9.59 Å². The highest BCUT2D eigenvalue weighted by Crippen LogP contribution is 2.14. The van der Waals surface area contributed by atoms with E-state index >= 15 is 0 Å². The molecule has 4 nitrogen and oxygen atoms in total. The fourth-order valence-corrected chi connectivity index (χ4v) is 2.71. The van der Waals surface area contributed by atoms with Crippen molar-refractivity contribution in [2.45, 2.75) is 46.0 Å². The summed E-state index contributed by atoms with van der Waals surface area (Å²) in [5.41, 5.74) is 0.638. The van der Waals surface area contributed by atoms with Crippen LogP contribution in [0.25, 0.3) is 0 Å². The maximum Gasteiger partial charge on any atom is 0.307 e. The molecule has 1 aromatic carbocycles. The van der Waals surface area contributed by atoms with Crippen molar-refractivity contribution >= 4 is 27.8 Å². The second-order valence-electron chi connectivity index (χ2n) is 5.42. The molecule has 0 aromatic heterocycles. The van der Waals surface area contributed by atoms with Gasteiger partial charge in [0.2, 0.25) is 0 Å². The van der Waals surface area contributed by atoms with Gasteiger partial charge in [0.15, 0.2) is 0 Å². The van der Waals surface area contributed by atoms with Crippen LogP contribution in [0.2, 0.25) is 0 Å². The molecule has 0 N–H and O–H groups in total. The molecule has 0 radical (unpaired) electrons. The van der Waals surface area contributed by atoms with Crippen molar-refractivity contribution < 1.29 is 14.3 Å². The number of rotatable bonds is 10. The Hall–Kier alpha value is -1.36. The van der Waals surface area contributed by atoms with Gasteiger partial charge in [-0.3, -0.25) is 9.59 Å². The van der Waals surface area contributed by atoms with Crippen LogP contribution in [0.1, 0.15) is 56.3 Å². The fourth-order valence-electron chi connectivity index (χ4n) is 2.31. The van der Waals surface area contributed by atoms with Gasteiger partial charge in [0.25, 0.3) is 5.91 Å². The molecule has 23 heavy (non-hydrogen) atoms. The molecular formula is C18H26BrNO3. The predicted molar refractivity (Wildman–Crippen MR) is 95.4 cm³/mol. The van der Waals surface area contributed by atoms with Gasteiger partial charge in [0.1, 0.15) is 0 Å². The molecule has 0 aliphatic carbocycles. The van der Waals surface area contributed by atoms with Crippen molar-refractivity contribution in [3.63, 3.8) is 0 Å². The van der Waals surface area contributed by atoms with E-state index in [4.69, 9.17) is 4.74 Å². The Morgan fingerprint density at radius 1 is 1.13 bits per heavy atom. The summed E-state index contributed by atoms with van der Waals surface area (Å²) >= 11 is 3.39. The topological polar surface area (TPSA) is 46.6 Å². The van der Waals surface area contributed by atoms with Crippen molar-refractivity contribution in [1.82, 2.24) is 4.90 Å². The Kier molecular flexibility index (Phi) is 9.60. The van der Waals surface area contributed by atoms with Crippen LogP contribution in [-0.2, 0) is 9.53 Å². The maximum atomic E-state index is 12.7. The molecule has 128 valence electrons. The molecule has 0 aliphatic rings. The van der Waals surface area contributed by atoms with Gasteiger partial charge < -0.3 is 9.64 Å². The Labute approximate surface area is 147 Å². The van der Waals surface area contributed by atoms with Crippen molar-refractivity contribution in [2.75, 3.05) is 19.7 Å². The fraction of sp³-hybridized carbons (Fsp3) is 0.556. The minimum absolute atomic E-state index is 0.0351. The summed E-state index contributed by atoms with van der Waals surface area (Å²) in [6, 6.07) is 7.35. The van der Waals surface area contributed by atoms with E-state index in [0.717, 1.165) is 30.2 Å². The molecule has 0 saturated heterocycles. The number of carbonyl (C=O) groups is 2. The van der Waals surface area contributed by atoms with Crippen LogP contribution >= 0.6 is 15.9 Å². The standard InChI is InChI=1S/C18H26BrNO3/c1-3-5-6-7-12-20(13-11-17(21)23-4-2)18(22)15-9-8-10-16(19)14-15/h8-10,14H,3-7,11-13H2,1-2H3. The molecule has 0 saturated carbocycles. The summed E-state index contributed by atoms with van der Waals surface area (Å²) in [6.07, 6.45) is 4.61. The number of unbranched alkanes of at least 4 members (excludes halogenated alkanes) is 3. The van der Waals surface area contributed by atoms with Gasteiger partial charge in [-0.25, -0.2) is 0 Å². The molecule has 0 spiro atoms. The molecule has 0 unspecified atom stereocenters. The average molecular weight is 384 g/mol. The Balaban J connectivity index is 2.68. The SMILES string of the molecule is CCCCCCN(CCC(=O)OCC)C(=O)c1cccc(Br)c1. The van der Waals surface area contributed by atoms with Crippen LogP contribution in [0.3, 0.4) is 0 Å². The van der Waals surface area contributed by atoms with Crippen molar-refractivity contribution in [3.8, 4) is 0 Å². The van der Waals surface area contributed by atoms with Gasteiger partial charge in [-0.15, -0.1) is 0 Å². The largest absolute Gasteiger partial charge is 0.466 e. The number of carbonyl (C=O) groups excluding carboxylic acids is 2. The summed E-state index contributed by atoms with van der Waals surface area (Å²) in [7, 11) is 0. The first-order valence-corrected chi connectivity index (χ1v) is 9.08. The first-order valence-electron chi connectivity index (χ1n) is 8.29. The van der Waals surface area contributed by atoms with Crippen LogP contribution in [0, 0.1) is 0 Å². The zero-order valence-electron chi connectivity index (χ0n) is 14.0. The number of ether oxygens (including phenoxy) is 1. The summed E-state index contributed by atoms with van der Waals surface area (Å²) in [5, 5.41) is 0. The Morgan fingerprint density at radius 3 is 2.57 bits per heavy atom. The van der Waals surface area contributed by atoms with Crippen molar-refractivity contribution in [2.24, 2.45) is 0 Å². The summed E-state index contributed by atoms with van der Waals surface area (Å²) in [5.74, 6) is -0.291. The molecule has 0 fully saturated rings. The number of benzene rings is 1. The van der Waals surface area contributed by atoms with Gasteiger partial charge in [0, 0.05) is 23.1 Å². The molecule has 5 heteroatoms. The zero-order chi connectivity index (χ0) is 17.1. The summed E-state index contributed by atoms with van der Waals surface area (Å²) < 4.78 is 5.83. The van der Waals surface area contributed by atoms with Gasteiger partial charge in [-0.1, -0.05) is 48.2 Å². The minimum Gasteiger partial charge on any atom is -0.466 e. The third-order valence-electron chi connectivity index (χ3n) is 3.53. The molecule has 1 aromatic rings. The van der Waals surface area contributed by atoms with E-state index in [0.29, 0.717) is 25.3 Å². The lowest BCUT2D eigenvalue weighted by atomic mass is 10.1. The van der Waals surface area contributed by atoms with Crippen LogP contribution in [0.5, 0.6) is 0 Å². The van der Waals surface area contributed by atoms with Gasteiger partial charge in [-0.2, -0.15) is 0 Å². The van der Waals surface area contributed by atoms with Gasteiger partial charge >= 0.3 is 5.97 Å². The minimum atomic E-state index is -0.256. The van der Waals surface area contributed by atoms with Crippen LogP contribution in [0.4, 0.5) is 0 Å². The Morgan fingerprint density at radius 2 is 1.91 bits per heavy atom. The average Bonchev–Trinajstić information content (AvgIpc) is 2.54. The third kappa shape index (κ3) is 7.64. The second kappa shape index (κ2) is 11.2. The van der Waals surface area contributed by atoms with Crippen molar-refractivity contribution in [1.29, 1.82) is 0 Å². The zero-order valence-corrected chi connectivity index (χ0v) is 15.6. The smallest absolute Gasteiger partial charge is 0.307 e. The molecule has 1 rings (SSSR count). The normalized spacial score (nSPS) is 10.4. The van der Waals surface area contributed by atoms with Crippen LogP contribution in [0.15, 0.2) is 28.7 Å². The molecule has 0 aliphatic heterocycles. The predicted octanol–water partition coefficient (Wildman–Crippen LogP) is 4.42. The molecular weight excluding hydrogens is 358 g/mol. The first kappa shape index (κ1) is 19.7. The van der Waals surface area contributed by atoms with E-state index in [1.54, 1.807) is 17.9 Å². The number of amides is 1.